The molecular weight excluding hydrogens is 277 g/mol. The first-order valence-corrected chi connectivity index (χ1v) is 6.80. The van der Waals surface area contributed by atoms with Crippen LogP contribution in [0.1, 0.15) is 13.3 Å². The lowest BCUT2D eigenvalue weighted by atomic mass is 10.2. The van der Waals surface area contributed by atoms with E-state index in [1.807, 2.05) is 12.1 Å². The maximum atomic E-state index is 6.05. The molecule has 0 fully saturated rings. The number of anilines is 1. The third kappa shape index (κ3) is 3.09. The number of aromatic nitrogens is 2. The second kappa shape index (κ2) is 5.67. The molecule has 0 spiro atoms. The van der Waals surface area contributed by atoms with Gasteiger partial charge in [0.25, 0.3) is 0 Å². The topological polar surface area (TPSA) is 37.8 Å². The van der Waals surface area contributed by atoms with E-state index in [2.05, 4.69) is 22.4 Å². The van der Waals surface area contributed by atoms with Crippen LogP contribution in [0.5, 0.6) is 0 Å². The van der Waals surface area contributed by atoms with Crippen molar-refractivity contribution >= 4 is 40.4 Å². The van der Waals surface area contributed by atoms with Crippen molar-refractivity contribution in [2.75, 3.05) is 11.9 Å². The summed E-state index contributed by atoms with van der Waals surface area (Å²) in [4.78, 5) is 0. The van der Waals surface area contributed by atoms with E-state index in [9.17, 15) is 0 Å². The first kappa shape index (κ1) is 12.6. The van der Waals surface area contributed by atoms with Gasteiger partial charge >= 0.3 is 0 Å². The van der Waals surface area contributed by atoms with Gasteiger partial charge in [0.2, 0.25) is 0 Å². The number of rotatable bonds is 4. The Kier molecular flexibility index (Phi) is 4.20. The molecule has 0 aliphatic rings. The molecule has 3 nitrogen and oxygen atoms in total. The average Bonchev–Trinajstić information content (AvgIpc) is 2.66. The summed E-state index contributed by atoms with van der Waals surface area (Å²) in [5.74, 6) is 0.771. The minimum atomic E-state index is 0.638. The lowest BCUT2D eigenvalue weighted by Gasteiger charge is -2.03. The predicted octanol–water partition coefficient (Wildman–Crippen LogP) is 4.33. The van der Waals surface area contributed by atoms with Gasteiger partial charge in [-0.3, -0.25) is 0 Å². The number of hydrogen-bond acceptors (Lipinski definition) is 4. The van der Waals surface area contributed by atoms with E-state index in [0.717, 1.165) is 30.0 Å². The lowest BCUT2D eigenvalue weighted by molar-refractivity contribution is 0.946. The summed E-state index contributed by atoms with van der Waals surface area (Å²) < 4.78 is 1.29. The fraction of sp³-hybridized carbons (Fsp3) is 0.273. The van der Waals surface area contributed by atoms with Gasteiger partial charge in [-0.2, -0.15) is 0 Å². The molecular formula is C11H11Cl2N3S. The van der Waals surface area contributed by atoms with Crippen molar-refractivity contribution in [2.24, 2.45) is 0 Å². The zero-order chi connectivity index (χ0) is 12.3. The molecule has 2 heterocycles. The maximum Gasteiger partial charge on any atom is 0.148 e. The van der Waals surface area contributed by atoms with E-state index in [4.69, 9.17) is 23.2 Å². The molecule has 0 atom stereocenters. The standard InChI is InChI=1S/C11H11Cl2N3S/c1-2-5-14-10-4-3-8(15-16-10)7-6-9(12)17-11(7)13/h3-4,6H,2,5H2,1H3,(H,14,16). The summed E-state index contributed by atoms with van der Waals surface area (Å²) in [6.07, 6.45) is 1.05. The van der Waals surface area contributed by atoms with E-state index < -0.39 is 0 Å². The number of nitrogens with one attached hydrogen (secondary N) is 1. The second-order valence-electron chi connectivity index (χ2n) is 3.47. The Morgan fingerprint density at radius 2 is 2.12 bits per heavy atom. The lowest BCUT2D eigenvalue weighted by Crippen LogP contribution is -2.02. The summed E-state index contributed by atoms with van der Waals surface area (Å²) in [5, 5.41) is 11.4. The van der Waals surface area contributed by atoms with Crippen LogP contribution in [-0.4, -0.2) is 16.7 Å². The van der Waals surface area contributed by atoms with Crippen LogP contribution < -0.4 is 5.32 Å². The zero-order valence-electron chi connectivity index (χ0n) is 9.20. The SMILES string of the molecule is CCCNc1ccc(-c2cc(Cl)sc2Cl)nn1. The van der Waals surface area contributed by atoms with Crippen molar-refractivity contribution in [3.05, 3.63) is 26.9 Å². The summed E-state index contributed by atoms with van der Waals surface area (Å²) >= 11 is 13.3. The molecule has 0 aliphatic carbocycles. The van der Waals surface area contributed by atoms with Gasteiger partial charge in [0.05, 0.1) is 10.0 Å². The molecule has 2 aromatic heterocycles. The molecule has 0 saturated heterocycles. The van der Waals surface area contributed by atoms with Crippen LogP contribution in [0.4, 0.5) is 5.82 Å². The van der Waals surface area contributed by atoms with Crippen molar-refractivity contribution in [3.63, 3.8) is 0 Å². The van der Waals surface area contributed by atoms with Crippen LogP contribution in [0.2, 0.25) is 8.67 Å². The minimum Gasteiger partial charge on any atom is -0.369 e. The fourth-order valence-corrected chi connectivity index (χ4v) is 2.82. The number of halogens is 2. The zero-order valence-corrected chi connectivity index (χ0v) is 11.5. The van der Waals surface area contributed by atoms with Crippen LogP contribution in [-0.2, 0) is 0 Å². The summed E-state index contributed by atoms with van der Waals surface area (Å²) in [5.41, 5.74) is 1.57. The molecule has 2 aromatic rings. The predicted molar refractivity (Wildman–Crippen MR) is 74.1 cm³/mol. The van der Waals surface area contributed by atoms with E-state index in [0.29, 0.717) is 8.67 Å². The highest BCUT2D eigenvalue weighted by atomic mass is 35.5. The number of nitrogens with zero attached hydrogens (tertiary/aromatic N) is 2. The van der Waals surface area contributed by atoms with Gasteiger partial charge in [-0.25, -0.2) is 0 Å². The Balaban J connectivity index is 2.20. The maximum absolute atomic E-state index is 6.05. The van der Waals surface area contributed by atoms with Crippen molar-refractivity contribution < 1.29 is 0 Å². The van der Waals surface area contributed by atoms with Crippen LogP contribution in [0.25, 0.3) is 11.3 Å². The minimum absolute atomic E-state index is 0.638. The van der Waals surface area contributed by atoms with E-state index in [1.54, 1.807) is 6.07 Å². The molecule has 1 N–H and O–H groups in total. The van der Waals surface area contributed by atoms with Crippen LogP contribution in [0.15, 0.2) is 18.2 Å². The fourth-order valence-electron chi connectivity index (χ4n) is 1.34. The normalized spacial score (nSPS) is 10.5. The van der Waals surface area contributed by atoms with Gasteiger partial charge in [-0.05, 0) is 24.6 Å². The molecule has 0 unspecified atom stereocenters. The largest absolute Gasteiger partial charge is 0.369 e. The molecule has 2 rings (SSSR count). The molecule has 6 heteroatoms. The highest BCUT2D eigenvalue weighted by molar-refractivity contribution is 7.20. The van der Waals surface area contributed by atoms with Gasteiger partial charge in [0, 0.05) is 12.1 Å². The molecule has 0 amide bonds. The van der Waals surface area contributed by atoms with E-state index in [1.165, 1.54) is 11.3 Å². The average molecular weight is 288 g/mol. The third-order valence-electron chi connectivity index (χ3n) is 2.15. The van der Waals surface area contributed by atoms with Crippen molar-refractivity contribution in [1.29, 1.82) is 0 Å². The van der Waals surface area contributed by atoms with Crippen LogP contribution >= 0.6 is 34.5 Å². The Morgan fingerprint density at radius 1 is 1.29 bits per heavy atom. The van der Waals surface area contributed by atoms with Crippen LogP contribution in [0.3, 0.4) is 0 Å². The number of hydrogen-bond donors (Lipinski definition) is 1. The van der Waals surface area contributed by atoms with Gasteiger partial charge in [0.15, 0.2) is 0 Å². The van der Waals surface area contributed by atoms with Crippen molar-refractivity contribution in [3.8, 4) is 11.3 Å². The number of thiophene rings is 1. The van der Waals surface area contributed by atoms with Gasteiger partial charge < -0.3 is 5.32 Å². The molecule has 0 radical (unpaired) electrons. The van der Waals surface area contributed by atoms with E-state index >= 15 is 0 Å². The monoisotopic (exact) mass is 287 g/mol. The second-order valence-corrected chi connectivity index (χ2v) is 5.75. The Bertz CT molecular complexity index is 496. The molecule has 17 heavy (non-hydrogen) atoms. The first-order chi connectivity index (χ1) is 8.20. The molecule has 0 aliphatic heterocycles. The third-order valence-corrected chi connectivity index (χ3v) is 3.64. The molecule has 0 bridgehead atoms. The molecule has 90 valence electrons. The van der Waals surface area contributed by atoms with Gasteiger partial charge in [0.1, 0.15) is 10.2 Å². The highest BCUT2D eigenvalue weighted by Gasteiger charge is 2.09. The van der Waals surface area contributed by atoms with Gasteiger partial charge in [-0.15, -0.1) is 21.5 Å². The quantitative estimate of drug-likeness (QED) is 0.909. The Labute approximate surface area is 114 Å². The Morgan fingerprint density at radius 3 is 2.65 bits per heavy atom. The Hall–Kier alpha value is -0.840. The van der Waals surface area contributed by atoms with Crippen molar-refractivity contribution in [1.82, 2.24) is 10.2 Å². The summed E-state index contributed by atoms with van der Waals surface area (Å²) in [6, 6.07) is 5.58. The van der Waals surface area contributed by atoms with Crippen LogP contribution in [0, 0.1) is 0 Å². The smallest absolute Gasteiger partial charge is 0.148 e. The molecule has 0 aromatic carbocycles. The summed E-state index contributed by atoms with van der Waals surface area (Å²) in [7, 11) is 0. The van der Waals surface area contributed by atoms with Crippen molar-refractivity contribution in [2.45, 2.75) is 13.3 Å². The highest BCUT2D eigenvalue weighted by Crippen LogP contribution is 2.37. The van der Waals surface area contributed by atoms with Gasteiger partial charge in [-0.1, -0.05) is 30.1 Å². The first-order valence-electron chi connectivity index (χ1n) is 5.23. The van der Waals surface area contributed by atoms with E-state index in [-0.39, 0.29) is 0 Å². The molecule has 0 saturated carbocycles. The summed E-state index contributed by atoms with van der Waals surface area (Å²) in [6.45, 7) is 2.99.